The smallest absolute Gasteiger partial charge is 0.107 e. The molecule has 0 spiro atoms. The maximum atomic E-state index is 4.53. The van der Waals surface area contributed by atoms with E-state index in [1.807, 2.05) is 0 Å². The summed E-state index contributed by atoms with van der Waals surface area (Å²) in [5.41, 5.74) is 1.18. The van der Waals surface area contributed by atoms with Crippen LogP contribution in [0, 0.1) is 19.8 Å². The number of aromatic nitrogens is 1. The lowest BCUT2D eigenvalue weighted by atomic mass is 10.0. The first-order chi connectivity index (χ1) is 7.04. The Morgan fingerprint density at radius 2 is 2.00 bits per heavy atom. The van der Waals surface area contributed by atoms with Gasteiger partial charge in [-0.1, -0.05) is 20.8 Å². The lowest BCUT2D eigenvalue weighted by Crippen LogP contribution is -2.32. The third-order valence-electron chi connectivity index (χ3n) is 2.83. The monoisotopic (exact) mass is 226 g/mol. The Hall–Kier alpha value is -0.410. The zero-order valence-corrected chi connectivity index (χ0v) is 11.2. The molecule has 1 heterocycles. The molecule has 3 heteroatoms. The summed E-state index contributed by atoms with van der Waals surface area (Å²) in [5, 5.41) is 4.79. The SMILES string of the molecule is CCC(NCc1nc(C)c(C)s1)C(C)C. The molecule has 0 saturated heterocycles. The standard InChI is InChI=1S/C12H22N2S/c1-6-11(8(2)3)13-7-12-14-9(4)10(5)15-12/h8,11,13H,6-7H2,1-5H3. The fourth-order valence-corrected chi connectivity index (χ4v) is 2.57. The van der Waals surface area contributed by atoms with E-state index in [0.717, 1.165) is 6.54 Å². The molecule has 0 aliphatic carbocycles. The largest absolute Gasteiger partial charge is 0.307 e. The summed E-state index contributed by atoms with van der Waals surface area (Å²) < 4.78 is 0. The molecule has 1 atom stereocenters. The highest BCUT2D eigenvalue weighted by Crippen LogP contribution is 2.16. The molecule has 15 heavy (non-hydrogen) atoms. The van der Waals surface area contributed by atoms with Crippen molar-refractivity contribution < 1.29 is 0 Å². The Labute approximate surface area is 97.1 Å². The molecule has 1 aromatic rings. The molecule has 1 aromatic heterocycles. The summed E-state index contributed by atoms with van der Waals surface area (Å²) in [6.07, 6.45) is 1.18. The summed E-state index contributed by atoms with van der Waals surface area (Å²) in [7, 11) is 0. The lowest BCUT2D eigenvalue weighted by Gasteiger charge is -2.19. The maximum absolute atomic E-state index is 4.53. The molecular weight excluding hydrogens is 204 g/mol. The molecule has 1 N–H and O–H groups in total. The van der Waals surface area contributed by atoms with Crippen LogP contribution in [-0.2, 0) is 6.54 Å². The van der Waals surface area contributed by atoms with Crippen molar-refractivity contribution in [2.75, 3.05) is 0 Å². The van der Waals surface area contributed by atoms with Crippen molar-refractivity contribution in [2.24, 2.45) is 5.92 Å². The highest BCUT2D eigenvalue weighted by atomic mass is 32.1. The van der Waals surface area contributed by atoms with Crippen LogP contribution in [-0.4, -0.2) is 11.0 Å². The fourth-order valence-electron chi connectivity index (χ4n) is 1.68. The Bertz CT molecular complexity index is 285. The molecule has 0 amide bonds. The van der Waals surface area contributed by atoms with E-state index in [9.17, 15) is 0 Å². The van der Waals surface area contributed by atoms with Gasteiger partial charge in [0, 0.05) is 17.5 Å². The van der Waals surface area contributed by atoms with Crippen LogP contribution in [0.3, 0.4) is 0 Å². The van der Waals surface area contributed by atoms with Gasteiger partial charge >= 0.3 is 0 Å². The van der Waals surface area contributed by atoms with Crippen molar-refractivity contribution in [1.82, 2.24) is 10.3 Å². The molecule has 0 fully saturated rings. The van der Waals surface area contributed by atoms with Crippen LogP contribution in [0.2, 0.25) is 0 Å². The minimum absolute atomic E-state index is 0.606. The van der Waals surface area contributed by atoms with E-state index in [1.54, 1.807) is 11.3 Å². The van der Waals surface area contributed by atoms with Gasteiger partial charge in [0.2, 0.25) is 0 Å². The first-order valence-corrected chi connectivity index (χ1v) is 6.52. The summed E-state index contributed by atoms with van der Waals surface area (Å²) in [6, 6.07) is 0.606. The Kier molecular flexibility index (Phi) is 4.74. The quantitative estimate of drug-likeness (QED) is 0.833. The number of rotatable bonds is 5. The molecule has 0 bridgehead atoms. The normalized spacial score (nSPS) is 13.5. The molecule has 86 valence electrons. The van der Waals surface area contributed by atoms with Crippen LogP contribution < -0.4 is 5.32 Å². The number of nitrogens with one attached hydrogen (secondary N) is 1. The zero-order valence-electron chi connectivity index (χ0n) is 10.4. The second-order valence-corrected chi connectivity index (χ2v) is 5.68. The van der Waals surface area contributed by atoms with Crippen molar-refractivity contribution >= 4 is 11.3 Å². The highest BCUT2D eigenvalue weighted by molar-refractivity contribution is 7.11. The third-order valence-corrected chi connectivity index (χ3v) is 3.91. The first-order valence-electron chi connectivity index (χ1n) is 5.70. The minimum Gasteiger partial charge on any atom is -0.307 e. The first kappa shape index (κ1) is 12.7. The van der Waals surface area contributed by atoms with Crippen LogP contribution in [0.1, 0.15) is 42.8 Å². The Morgan fingerprint density at radius 3 is 2.40 bits per heavy atom. The molecule has 2 nitrogen and oxygen atoms in total. The highest BCUT2D eigenvalue weighted by Gasteiger charge is 2.11. The van der Waals surface area contributed by atoms with Crippen LogP contribution in [0.4, 0.5) is 0 Å². The van der Waals surface area contributed by atoms with Crippen LogP contribution in [0.15, 0.2) is 0 Å². The third kappa shape index (κ3) is 3.58. The molecule has 1 rings (SSSR count). The van der Waals surface area contributed by atoms with Crippen molar-refractivity contribution in [3.05, 3.63) is 15.6 Å². The predicted molar refractivity (Wildman–Crippen MR) is 67.3 cm³/mol. The van der Waals surface area contributed by atoms with Gasteiger partial charge in [0.1, 0.15) is 5.01 Å². The minimum atomic E-state index is 0.606. The second kappa shape index (κ2) is 5.61. The summed E-state index contributed by atoms with van der Waals surface area (Å²) >= 11 is 1.80. The van der Waals surface area contributed by atoms with E-state index in [1.165, 1.54) is 22.0 Å². The Balaban J connectivity index is 2.49. The number of hydrogen-bond donors (Lipinski definition) is 1. The Morgan fingerprint density at radius 1 is 1.33 bits per heavy atom. The second-order valence-electron chi connectivity index (χ2n) is 4.39. The number of thiazole rings is 1. The van der Waals surface area contributed by atoms with Crippen molar-refractivity contribution in [1.29, 1.82) is 0 Å². The topological polar surface area (TPSA) is 24.9 Å². The van der Waals surface area contributed by atoms with Crippen molar-refractivity contribution in [3.8, 4) is 0 Å². The van der Waals surface area contributed by atoms with Gasteiger partial charge in [-0.3, -0.25) is 0 Å². The van der Waals surface area contributed by atoms with E-state index >= 15 is 0 Å². The number of aryl methyl sites for hydroxylation is 2. The fraction of sp³-hybridized carbons (Fsp3) is 0.750. The van der Waals surface area contributed by atoms with Gasteiger partial charge in [-0.05, 0) is 26.2 Å². The average Bonchev–Trinajstić information content (AvgIpc) is 2.47. The van der Waals surface area contributed by atoms with E-state index < -0.39 is 0 Å². The number of hydrogen-bond acceptors (Lipinski definition) is 3. The predicted octanol–water partition coefficient (Wildman–Crippen LogP) is 3.28. The maximum Gasteiger partial charge on any atom is 0.107 e. The lowest BCUT2D eigenvalue weighted by molar-refractivity contribution is 0.387. The molecule has 1 unspecified atom stereocenters. The van der Waals surface area contributed by atoms with Gasteiger partial charge in [-0.2, -0.15) is 0 Å². The van der Waals surface area contributed by atoms with Crippen LogP contribution >= 0.6 is 11.3 Å². The summed E-state index contributed by atoms with van der Waals surface area (Å²) in [5.74, 6) is 0.692. The molecule has 0 radical (unpaired) electrons. The van der Waals surface area contributed by atoms with Crippen molar-refractivity contribution in [2.45, 2.75) is 53.6 Å². The van der Waals surface area contributed by atoms with E-state index in [4.69, 9.17) is 0 Å². The molecule has 0 aromatic carbocycles. The van der Waals surface area contributed by atoms with Gasteiger partial charge in [0.15, 0.2) is 0 Å². The van der Waals surface area contributed by atoms with Crippen LogP contribution in [0.5, 0.6) is 0 Å². The van der Waals surface area contributed by atoms with Crippen molar-refractivity contribution in [3.63, 3.8) is 0 Å². The summed E-state index contributed by atoms with van der Waals surface area (Å²) in [6.45, 7) is 11.9. The van der Waals surface area contributed by atoms with Gasteiger partial charge in [-0.25, -0.2) is 4.98 Å². The van der Waals surface area contributed by atoms with Crippen LogP contribution in [0.25, 0.3) is 0 Å². The molecule has 0 aliphatic heterocycles. The van der Waals surface area contributed by atoms with Gasteiger partial charge in [0.05, 0.1) is 5.69 Å². The molecular formula is C12H22N2S. The zero-order chi connectivity index (χ0) is 11.4. The molecule has 0 saturated carbocycles. The summed E-state index contributed by atoms with van der Waals surface area (Å²) in [4.78, 5) is 5.87. The molecule has 0 aliphatic rings. The van der Waals surface area contributed by atoms with Gasteiger partial charge in [0.25, 0.3) is 0 Å². The van der Waals surface area contributed by atoms with E-state index in [2.05, 4.69) is 44.9 Å². The van der Waals surface area contributed by atoms with E-state index in [0.29, 0.717) is 12.0 Å². The van der Waals surface area contributed by atoms with Gasteiger partial charge < -0.3 is 5.32 Å². The van der Waals surface area contributed by atoms with Gasteiger partial charge in [-0.15, -0.1) is 11.3 Å². The average molecular weight is 226 g/mol. The number of nitrogens with zero attached hydrogens (tertiary/aromatic N) is 1. The van der Waals surface area contributed by atoms with E-state index in [-0.39, 0.29) is 0 Å².